The zero-order valence-corrected chi connectivity index (χ0v) is 19.2. The third-order valence-electron chi connectivity index (χ3n) is 6.52. The summed E-state index contributed by atoms with van der Waals surface area (Å²) in [5.74, 6) is -0.519. The van der Waals surface area contributed by atoms with Crippen LogP contribution in [0.3, 0.4) is 0 Å². The van der Waals surface area contributed by atoms with E-state index in [1.54, 1.807) is 11.0 Å². The number of nitrogens with zero attached hydrogens (tertiary/aromatic N) is 2. The van der Waals surface area contributed by atoms with Gasteiger partial charge in [0.1, 0.15) is 0 Å². The number of hydrogen-bond acceptors (Lipinski definition) is 3. The lowest BCUT2D eigenvalue weighted by atomic mass is 9.94. The predicted octanol–water partition coefficient (Wildman–Crippen LogP) is 4.19. The number of hydrogen-bond donors (Lipinski definition) is 1. The van der Waals surface area contributed by atoms with E-state index in [4.69, 9.17) is 11.6 Å². The molecule has 168 valence electrons. The van der Waals surface area contributed by atoms with Crippen LogP contribution < -0.4 is 10.2 Å². The monoisotopic (exact) mass is 453 g/mol. The highest BCUT2D eigenvalue weighted by molar-refractivity contribution is 6.31. The van der Waals surface area contributed by atoms with Crippen LogP contribution in [0.15, 0.2) is 42.5 Å². The van der Waals surface area contributed by atoms with E-state index >= 15 is 0 Å². The maximum absolute atomic E-state index is 13.1. The van der Waals surface area contributed by atoms with Crippen LogP contribution >= 0.6 is 11.6 Å². The number of rotatable bonds is 4. The molecule has 1 N–H and O–H groups in total. The SMILES string of the molecule is Cc1ccc(N2C[C@@H](C(=O)N3CCC(C(=O)Nc4cccc(Cl)c4C)CC3)CC2=O)cc1. The first-order valence-corrected chi connectivity index (χ1v) is 11.4. The summed E-state index contributed by atoms with van der Waals surface area (Å²) >= 11 is 6.14. The number of likely N-dealkylation sites (tertiary alicyclic amines) is 1. The molecule has 2 aromatic carbocycles. The van der Waals surface area contributed by atoms with Crippen LogP contribution in [0.5, 0.6) is 0 Å². The fraction of sp³-hybridized carbons (Fsp3) is 0.400. The minimum absolute atomic E-state index is 0.0116. The summed E-state index contributed by atoms with van der Waals surface area (Å²) < 4.78 is 0. The van der Waals surface area contributed by atoms with Crippen LogP contribution in [0.4, 0.5) is 11.4 Å². The predicted molar refractivity (Wildman–Crippen MR) is 126 cm³/mol. The first-order valence-electron chi connectivity index (χ1n) is 11.1. The lowest BCUT2D eigenvalue weighted by molar-refractivity contribution is -0.138. The van der Waals surface area contributed by atoms with E-state index in [2.05, 4.69) is 5.32 Å². The molecule has 2 heterocycles. The molecule has 0 bridgehead atoms. The lowest BCUT2D eigenvalue weighted by Crippen LogP contribution is -2.44. The first-order chi connectivity index (χ1) is 15.3. The Bertz CT molecular complexity index is 1030. The molecule has 32 heavy (non-hydrogen) atoms. The van der Waals surface area contributed by atoms with Crippen molar-refractivity contribution in [2.24, 2.45) is 11.8 Å². The fourth-order valence-corrected chi connectivity index (χ4v) is 4.62. The van der Waals surface area contributed by atoms with Crippen LogP contribution in [0.25, 0.3) is 0 Å². The molecule has 0 spiro atoms. The van der Waals surface area contributed by atoms with Crippen LogP contribution in [0, 0.1) is 25.7 Å². The highest BCUT2D eigenvalue weighted by Gasteiger charge is 2.38. The molecule has 4 rings (SSSR count). The summed E-state index contributed by atoms with van der Waals surface area (Å²) in [6.45, 7) is 5.35. The smallest absolute Gasteiger partial charge is 0.228 e. The molecule has 0 aliphatic carbocycles. The quantitative estimate of drug-likeness (QED) is 0.754. The molecule has 6 nitrogen and oxygen atoms in total. The number of nitrogens with one attached hydrogen (secondary N) is 1. The summed E-state index contributed by atoms with van der Waals surface area (Å²) in [7, 11) is 0. The van der Waals surface area contributed by atoms with Crippen molar-refractivity contribution in [3.63, 3.8) is 0 Å². The number of carbonyl (C=O) groups excluding carboxylic acids is 3. The molecule has 2 aliphatic rings. The Balaban J connectivity index is 1.31. The summed E-state index contributed by atoms with van der Waals surface area (Å²) in [6, 6.07) is 13.2. The Hall–Kier alpha value is -2.86. The maximum Gasteiger partial charge on any atom is 0.228 e. The van der Waals surface area contributed by atoms with Crippen molar-refractivity contribution in [3.8, 4) is 0 Å². The van der Waals surface area contributed by atoms with Gasteiger partial charge in [0.15, 0.2) is 0 Å². The fourth-order valence-electron chi connectivity index (χ4n) is 4.45. The number of benzene rings is 2. The number of carbonyl (C=O) groups is 3. The Morgan fingerprint density at radius 2 is 1.69 bits per heavy atom. The van der Waals surface area contributed by atoms with Crippen LogP contribution in [-0.4, -0.2) is 42.3 Å². The molecule has 2 aliphatic heterocycles. The standard InChI is InChI=1S/C25H28ClN3O3/c1-16-6-8-20(9-7-16)29-15-19(14-23(29)30)25(32)28-12-10-18(11-13-28)24(31)27-22-5-3-4-21(26)17(22)2/h3-9,18-19H,10-15H2,1-2H3,(H,27,31)/t19-/m0/s1. The second-order valence-electron chi connectivity index (χ2n) is 8.74. The van der Waals surface area contributed by atoms with Crippen LogP contribution in [-0.2, 0) is 14.4 Å². The van der Waals surface area contributed by atoms with Gasteiger partial charge in [0.25, 0.3) is 0 Å². The van der Waals surface area contributed by atoms with E-state index < -0.39 is 0 Å². The van der Waals surface area contributed by atoms with Gasteiger partial charge in [0.05, 0.1) is 5.92 Å². The number of anilines is 2. The molecule has 0 radical (unpaired) electrons. The van der Waals surface area contributed by atoms with Crippen molar-refractivity contribution < 1.29 is 14.4 Å². The zero-order chi connectivity index (χ0) is 22.8. The molecule has 0 saturated carbocycles. The second-order valence-corrected chi connectivity index (χ2v) is 9.15. The lowest BCUT2D eigenvalue weighted by Gasteiger charge is -2.33. The molecule has 1 atom stereocenters. The molecule has 2 fully saturated rings. The molecule has 2 saturated heterocycles. The van der Waals surface area contributed by atoms with Crippen molar-refractivity contribution in [1.29, 1.82) is 0 Å². The molecule has 0 aromatic heterocycles. The van der Waals surface area contributed by atoms with Gasteiger partial charge in [0.2, 0.25) is 17.7 Å². The number of piperidine rings is 1. The van der Waals surface area contributed by atoms with Gasteiger partial charge < -0.3 is 15.1 Å². The molecule has 3 amide bonds. The van der Waals surface area contributed by atoms with Gasteiger partial charge in [-0.05, 0) is 56.5 Å². The second kappa shape index (κ2) is 9.33. The first kappa shape index (κ1) is 22.3. The van der Waals surface area contributed by atoms with Gasteiger partial charge in [0, 0.05) is 48.4 Å². The number of halogens is 1. The average molecular weight is 454 g/mol. The van der Waals surface area contributed by atoms with Crippen molar-refractivity contribution in [1.82, 2.24) is 4.90 Å². The molecule has 7 heteroatoms. The van der Waals surface area contributed by atoms with Crippen molar-refractivity contribution in [2.75, 3.05) is 29.9 Å². The topological polar surface area (TPSA) is 69.7 Å². The van der Waals surface area contributed by atoms with Crippen molar-refractivity contribution in [3.05, 3.63) is 58.6 Å². The van der Waals surface area contributed by atoms with Gasteiger partial charge in [-0.2, -0.15) is 0 Å². The van der Waals surface area contributed by atoms with E-state index in [9.17, 15) is 14.4 Å². The average Bonchev–Trinajstić information content (AvgIpc) is 3.18. The Labute approximate surface area is 193 Å². The normalized spacial score (nSPS) is 19.3. The van der Waals surface area contributed by atoms with E-state index in [1.165, 1.54) is 0 Å². The van der Waals surface area contributed by atoms with Crippen LogP contribution in [0.2, 0.25) is 5.02 Å². The van der Waals surface area contributed by atoms with Crippen molar-refractivity contribution >= 4 is 40.7 Å². The highest BCUT2D eigenvalue weighted by Crippen LogP contribution is 2.29. The van der Waals surface area contributed by atoms with Gasteiger partial charge in [-0.3, -0.25) is 14.4 Å². The number of aryl methyl sites for hydroxylation is 1. The van der Waals surface area contributed by atoms with Gasteiger partial charge in [-0.15, -0.1) is 0 Å². The Morgan fingerprint density at radius 3 is 2.38 bits per heavy atom. The number of amides is 3. The van der Waals surface area contributed by atoms with Crippen molar-refractivity contribution in [2.45, 2.75) is 33.1 Å². The molecule has 0 unspecified atom stereocenters. The Morgan fingerprint density at radius 1 is 1.00 bits per heavy atom. The summed E-state index contributed by atoms with van der Waals surface area (Å²) in [5, 5.41) is 3.59. The van der Waals surface area contributed by atoms with E-state index in [1.807, 2.05) is 55.1 Å². The van der Waals surface area contributed by atoms with Gasteiger partial charge in [-0.25, -0.2) is 0 Å². The summed E-state index contributed by atoms with van der Waals surface area (Å²) in [5.41, 5.74) is 3.54. The van der Waals surface area contributed by atoms with E-state index in [0.29, 0.717) is 37.5 Å². The zero-order valence-electron chi connectivity index (χ0n) is 18.4. The van der Waals surface area contributed by atoms with Crippen LogP contribution in [0.1, 0.15) is 30.4 Å². The summed E-state index contributed by atoms with van der Waals surface area (Å²) in [4.78, 5) is 41.8. The third kappa shape index (κ3) is 4.65. The van der Waals surface area contributed by atoms with Gasteiger partial charge >= 0.3 is 0 Å². The minimum Gasteiger partial charge on any atom is -0.342 e. The van der Waals surface area contributed by atoms with E-state index in [0.717, 1.165) is 22.5 Å². The Kier molecular flexibility index (Phi) is 6.51. The third-order valence-corrected chi connectivity index (χ3v) is 6.93. The molecule has 2 aromatic rings. The van der Waals surface area contributed by atoms with Gasteiger partial charge in [-0.1, -0.05) is 35.4 Å². The minimum atomic E-state index is -0.330. The maximum atomic E-state index is 13.1. The molecular formula is C25H28ClN3O3. The molecular weight excluding hydrogens is 426 g/mol. The highest BCUT2D eigenvalue weighted by atomic mass is 35.5. The van der Waals surface area contributed by atoms with E-state index in [-0.39, 0.29) is 36.0 Å². The summed E-state index contributed by atoms with van der Waals surface area (Å²) in [6.07, 6.45) is 1.46. The largest absolute Gasteiger partial charge is 0.342 e.